The number of nitriles is 1. The number of nitrogens with zero attached hydrogens (tertiary/aromatic N) is 6. The molecule has 0 unspecified atom stereocenters. The minimum absolute atomic E-state index is 0.106. The lowest BCUT2D eigenvalue weighted by molar-refractivity contribution is 0.182. The van der Waals surface area contributed by atoms with Gasteiger partial charge in [0.1, 0.15) is 12.4 Å². The first kappa shape index (κ1) is 27.2. The zero-order chi connectivity index (χ0) is 28.9. The fraction of sp³-hybridized carbons (Fsp3) is 0.419. The van der Waals surface area contributed by atoms with Crippen molar-refractivity contribution in [3.63, 3.8) is 0 Å². The highest BCUT2D eigenvalue weighted by Gasteiger charge is 2.37. The lowest BCUT2D eigenvalue weighted by atomic mass is 9.89. The standard InChI is InChI=1S/C31H32N6O3S/c1-31(2,3)20-11-28(39)37(34-15-20)17-23-13-26-30(41-23)24(5-6-33-26)25-9-19(14-32)10-27-29(25)36(7-8-40-27)21-12-22(18-38)35(4)16-21/h9-11,13,15,21-22,38H,7-8,12,16-18H2,1-4H3/t21-,22+/m0/s1. The summed E-state index contributed by atoms with van der Waals surface area (Å²) in [4.78, 5) is 22.8. The van der Waals surface area contributed by atoms with Gasteiger partial charge in [-0.05, 0) is 42.6 Å². The largest absolute Gasteiger partial charge is 0.489 e. The van der Waals surface area contributed by atoms with Gasteiger partial charge in [0.15, 0.2) is 0 Å². The highest BCUT2D eigenvalue weighted by Crippen LogP contribution is 2.46. The molecule has 2 aliphatic rings. The predicted octanol–water partition coefficient (Wildman–Crippen LogP) is 3.60. The van der Waals surface area contributed by atoms with E-state index in [0.717, 1.165) is 50.4 Å². The van der Waals surface area contributed by atoms with Crippen LogP contribution in [0.1, 0.15) is 43.2 Å². The molecule has 210 valence electrons. The van der Waals surface area contributed by atoms with E-state index in [1.165, 1.54) is 16.0 Å². The van der Waals surface area contributed by atoms with Gasteiger partial charge in [-0.15, -0.1) is 11.3 Å². The molecule has 1 N–H and O–H groups in total. The van der Waals surface area contributed by atoms with Crippen molar-refractivity contribution in [2.75, 3.05) is 38.3 Å². The summed E-state index contributed by atoms with van der Waals surface area (Å²) in [5.41, 5.74) is 4.41. The Labute approximate surface area is 243 Å². The van der Waals surface area contributed by atoms with Crippen LogP contribution in [0.25, 0.3) is 21.3 Å². The number of likely N-dealkylation sites (tertiary alicyclic amines) is 1. The van der Waals surface area contributed by atoms with Crippen LogP contribution < -0.4 is 15.2 Å². The molecule has 3 aromatic heterocycles. The molecule has 1 aromatic carbocycles. The summed E-state index contributed by atoms with van der Waals surface area (Å²) in [5, 5.41) is 24.2. The molecule has 1 fully saturated rings. The number of likely N-dealkylation sites (N-methyl/N-ethyl adjacent to an activating group) is 1. The second-order valence-electron chi connectivity index (χ2n) is 11.8. The normalized spacial score (nSPS) is 19.1. The Morgan fingerprint density at radius 1 is 1.27 bits per heavy atom. The summed E-state index contributed by atoms with van der Waals surface area (Å²) in [5.74, 6) is 0.672. The number of aromatic nitrogens is 3. The number of hydrogen-bond donors (Lipinski definition) is 1. The predicted molar refractivity (Wildman–Crippen MR) is 158 cm³/mol. The van der Waals surface area contributed by atoms with Crippen molar-refractivity contribution in [1.82, 2.24) is 19.7 Å². The van der Waals surface area contributed by atoms with Crippen molar-refractivity contribution in [2.45, 2.75) is 51.2 Å². The Balaban J connectivity index is 1.42. The third-order valence-corrected chi connectivity index (χ3v) is 9.18. The summed E-state index contributed by atoms with van der Waals surface area (Å²) < 4.78 is 8.47. The quantitative estimate of drug-likeness (QED) is 0.389. The van der Waals surface area contributed by atoms with Crippen molar-refractivity contribution in [2.24, 2.45) is 0 Å². The Morgan fingerprint density at radius 2 is 2.10 bits per heavy atom. The summed E-state index contributed by atoms with van der Waals surface area (Å²) in [7, 11) is 2.04. The zero-order valence-corrected chi connectivity index (χ0v) is 24.5. The van der Waals surface area contributed by atoms with Crippen molar-refractivity contribution in [3.8, 4) is 22.9 Å². The average molecular weight is 569 g/mol. The van der Waals surface area contributed by atoms with Gasteiger partial charge in [0.2, 0.25) is 0 Å². The van der Waals surface area contributed by atoms with E-state index in [1.807, 2.05) is 19.2 Å². The molecular formula is C31H32N6O3S. The first-order valence-electron chi connectivity index (χ1n) is 13.7. The number of thiophene rings is 1. The van der Waals surface area contributed by atoms with Gasteiger partial charge in [-0.1, -0.05) is 20.8 Å². The van der Waals surface area contributed by atoms with Crippen LogP contribution >= 0.6 is 11.3 Å². The minimum Gasteiger partial charge on any atom is -0.489 e. The zero-order valence-electron chi connectivity index (χ0n) is 23.6. The smallest absolute Gasteiger partial charge is 0.267 e. The Bertz CT molecular complexity index is 1720. The maximum absolute atomic E-state index is 12.9. The van der Waals surface area contributed by atoms with Crippen molar-refractivity contribution in [1.29, 1.82) is 5.26 Å². The summed E-state index contributed by atoms with van der Waals surface area (Å²) in [6.45, 7) is 8.66. The Hall–Kier alpha value is -3.96. The van der Waals surface area contributed by atoms with E-state index in [1.54, 1.807) is 18.3 Å². The molecule has 2 atom stereocenters. The van der Waals surface area contributed by atoms with Crippen LogP contribution in [0.4, 0.5) is 5.69 Å². The second kappa shape index (κ2) is 10.5. The van der Waals surface area contributed by atoms with E-state index >= 15 is 0 Å². The summed E-state index contributed by atoms with van der Waals surface area (Å²) >= 11 is 1.54. The highest BCUT2D eigenvalue weighted by atomic mass is 32.1. The van der Waals surface area contributed by atoms with Gasteiger partial charge in [0, 0.05) is 47.4 Å². The Morgan fingerprint density at radius 3 is 2.80 bits per heavy atom. The third-order valence-electron chi connectivity index (χ3n) is 8.06. The maximum Gasteiger partial charge on any atom is 0.267 e. The van der Waals surface area contributed by atoms with Gasteiger partial charge in [-0.3, -0.25) is 9.69 Å². The number of rotatable bonds is 5. The molecule has 2 aliphatic heterocycles. The number of anilines is 1. The van der Waals surface area contributed by atoms with E-state index in [4.69, 9.17) is 4.74 Å². The fourth-order valence-electron chi connectivity index (χ4n) is 5.76. The van der Waals surface area contributed by atoms with Gasteiger partial charge in [-0.2, -0.15) is 15.3 Å². The van der Waals surface area contributed by atoms with Gasteiger partial charge in [-0.25, -0.2) is 4.68 Å². The molecule has 0 spiro atoms. The minimum atomic E-state index is -0.158. The summed E-state index contributed by atoms with van der Waals surface area (Å²) in [6.07, 6.45) is 5.53. The molecule has 5 heterocycles. The van der Waals surface area contributed by atoms with Crippen LogP contribution in [0.5, 0.6) is 5.75 Å². The molecular weight excluding hydrogens is 536 g/mol. The van der Waals surface area contributed by atoms with Crippen LogP contribution in [0.15, 0.2) is 35.3 Å². The number of hydrogen-bond acceptors (Lipinski definition) is 9. The van der Waals surface area contributed by atoms with E-state index in [-0.39, 0.29) is 29.7 Å². The van der Waals surface area contributed by atoms with E-state index in [0.29, 0.717) is 31.0 Å². The molecule has 6 rings (SSSR count). The molecule has 0 saturated carbocycles. The monoisotopic (exact) mass is 568 g/mol. The fourth-order valence-corrected chi connectivity index (χ4v) is 6.85. The van der Waals surface area contributed by atoms with Gasteiger partial charge in [0.05, 0.1) is 59.0 Å². The molecule has 0 aliphatic carbocycles. The molecule has 9 nitrogen and oxygen atoms in total. The highest BCUT2D eigenvalue weighted by molar-refractivity contribution is 7.19. The third kappa shape index (κ3) is 5.04. The number of aliphatic hydroxyl groups excluding tert-OH is 1. The first-order chi connectivity index (χ1) is 19.7. The van der Waals surface area contributed by atoms with Crippen molar-refractivity contribution < 1.29 is 9.84 Å². The molecule has 41 heavy (non-hydrogen) atoms. The van der Waals surface area contributed by atoms with Crippen molar-refractivity contribution in [3.05, 3.63) is 69.1 Å². The average Bonchev–Trinajstić information content (AvgIpc) is 3.54. The van der Waals surface area contributed by atoms with Gasteiger partial charge in [0.25, 0.3) is 5.56 Å². The van der Waals surface area contributed by atoms with Crippen LogP contribution in [0, 0.1) is 23.6 Å². The molecule has 0 bridgehead atoms. The van der Waals surface area contributed by atoms with Crippen molar-refractivity contribution >= 4 is 27.2 Å². The molecule has 0 radical (unpaired) electrons. The lowest BCUT2D eigenvalue weighted by Gasteiger charge is -2.37. The number of benzene rings is 1. The van der Waals surface area contributed by atoms with E-state index < -0.39 is 0 Å². The van der Waals surface area contributed by atoms with E-state index in [2.05, 4.69) is 59.0 Å². The second-order valence-corrected chi connectivity index (χ2v) is 13.0. The topological polar surface area (TPSA) is 108 Å². The summed E-state index contributed by atoms with van der Waals surface area (Å²) in [6, 6.07) is 13.1. The number of aliphatic hydroxyl groups is 1. The van der Waals surface area contributed by atoms with E-state index in [9.17, 15) is 15.2 Å². The maximum atomic E-state index is 12.9. The molecule has 4 aromatic rings. The van der Waals surface area contributed by atoms with Gasteiger partial charge >= 0.3 is 0 Å². The van der Waals surface area contributed by atoms with Crippen LogP contribution in [0.2, 0.25) is 0 Å². The Kier molecular flexibility index (Phi) is 6.95. The number of ether oxygens (including phenoxy) is 1. The van der Waals surface area contributed by atoms with Crippen LogP contribution in [-0.2, 0) is 12.0 Å². The molecule has 1 saturated heterocycles. The number of fused-ring (bicyclic) bond motifs is 2. The lowest BCUT2D eigenvalue weighted by Crippen LogP contribution is -2.42. The molecule has 10 heteroatoms. The van der Waals surface area contributed by atoms with Crippen LogP contribution in [0.3, 0.4) is 0 Å². The first-order valence-corrected chi connectivity index (χ1v) is 14.6. The molecule has 0 amide bonds. The SMILES string of the molecule is CN1C[C@@H](N2CCOc3cc(C#N)cc(-c4c#cnc5cc(Cn6ncc(C(C)(C)C)cc6=O)sc45)c32)C[C@@H]1CO. The van der Waals surface area contributed by atoms with Gasteiger partial charge < -0.3 is 14.7 Å². The van der Waals surface area contributed by atoms with Crippen LogP contribution in [-0.4, -0.2) is 70.2 Å².